The number of oxazole rings is 1. The number of aromatic nitrogens is 1. The first-order valence-electron chi connectivity index (χ1n) is 7.26. The van der Waals surface area contributed by atoms with Gasteiger partial charge in [0.1, 0.15) is 5.82 Å². The number of hydrogen-bond acceptors (Lipinski definition) is 4. The Morgan fingerprint density at radius 2 is 2.18 bits per heavy atom. The van der Waals surface area contributed by atoms with Gasteiger partial charge in [-0.05, 0) is 49.9 Å². The van der Waals surface area contributed by atoms with Crippen LogP contribution in [0.1, 0.15) is 19.8 Å². The molecule has 1 heterocycles. The van der Waals surface area contributed by atoms with Crippen molar-refractivity contribution < 1.29 is 13.6 Å². The van der Waals surface area contributed by atoms with Crippen LogP contribution in [0.2, 0.25) is 0 Å². The van der Waals surface area contributed by atoms with E-state index in [2.05, 4.69) is 10.3 Å². The molecule has 1 aromatic carbocycles. The lowest BCUT2D eigenvalue weighted by Gasteiger charge is -2.11. The van der Waals surface area contributed by atoms with Crippen molar-refractivity contribution >= 4 is 17.7 Å². The number of carbonyl (C=O) groups is 1. The molecule has 4 nitrogen and oxygen atoms in total. The van der Waals surface area contributed by atoms with Crippen molar-refractivity contribution in [3.05, 3.63) is 36.3 Å². The number of benzene rings is 1. The Bertz CT molecular complexity index is 652. The summed E-state index contributed by atoms with van der Waals surface area (Å²) < 4.78 is 18.5. The molecule has 2 aromatic rings. The lowest BCUT2D eigenvalue weighted by molar-refractivity contribution is -0.119. The molecule has 1 N–H and O–H groups in total. The largest absolute Gasteiger partial charge is 0.431 e. The molecule has 0 saturated heterocycles. The van der Waals surface area contributed by atoms with Gasteiger partial charge in [0.15, 0.2) is 5.76 Å². The molecule has 22 heavy (non-hydrogen) atoms. The van der Waals surface area contributed by atoms with E-state index in [9.17, 15) is 9.18 Å². The Balaban J connectivity index is 1.53. The highest BCUT2D eigenvalue weighted by atomic mass is 32.2. The summed E-state index contributed by atoms with van der Waals surface area (Å²) >= 11 is 1.26. The van der Waals surface area contributed by atoms with Crippen LogP contribution in [0.3, 0.4) is 0 Å². The first-order chi connectivity index (χ1) is 10.6. The van der Waals surface area contributed by atoms with E-state index in [0.29, 0.717) is 16.9 Å². The first kappa shape index (κ1) is 15.1. The van der Waals surface area contributed by atoms with Gasteiger partial charge in [0.2, 0.25) is 5.91 Å². The van der Waals surface area contributed by atoms with Crippen molar-refractivity contribution in [2.24, 2.45) is 5.92 Å². The smallest absolute Gasteiger partial charge is 0.256 e. The highest BCUT2D eigenvalue weighted by molar-refractivity contribution is 7.99. The van der Waals surface area contributed by atoms with Gasteiger partial charge >= 0.3 is 0 Å². The van der Waals surface area contributed by atoms with Crippen molar-refractivity contribution in [2.75, 3.05) is 5.75 Å². The van der Waals surface area contributed by atoms with Crippen LogP contribution in [-0.4, -0.2) is 22.7 Å². The van der Waals surface area contributed by atoms with E-state index >= 15 is 0 Å². The fraction of sp³-hybridized carbons (Fsp3) is 0.375. The second-order valence-corrected chi connectivity index (χ2v) is 6.41. The quantitative estimate of drug-likeness (QED) is 0.828. The van der Waals surface area contributed by atoms with Crippen LogP contribution >= 0.6 is 11.8 Å². The number of amides is 1. The number of carbonyl (C=O) groups excluding carboxylic acids is 1. The number of thioether (sulfide) groups is 1. The topological polar surface area (TPSA) is 55.1 Å². The summed E-state index contributed by atoms with van der Waals surface area (Å²) in [5.74, 6) is 1.18. The van der Waals surface area contributed by atoms with Crippen LogP contribution in [0.25, 0.3) is 11.3 Å². The summed E-state index contributed by atoms with van der Waals surface area (Å²) in [4.78, 5) is 16.0. The maximum absolute atomic E-state index is 12.9. The molecule has 1 atom stereocenters. The molecule has 1 aliphatic carbocycles. The molecular formula is C16H17FN2O2S. The summed E-state index contributed by atoms with van der Waals surface area (Å²) in [7, 11) is 0. The number of nitrogens with zero attached hydrogens (tertiary/aromatic N) is 1. The molecule has 0 aliphatic heterocycles. The molecule has 116 valence electrons. The number of halogens is 1. The van der Waals surface area contributed by atoms with Crippen LogP contribution in [0, 0.1) is 11.7 Å². The third-order valence-electron chi connectivity index (χ3n) is 3.66. The third kappa shape index (κ3) is 3.88. The van der Waals surface area contributed by atoms with Gasteiger partial charge < -0.3 is 9.73 Å². The Hall–Kier alpha value is -1.82. The molecule has 0 bridgehead atoms. The van der Waals surface area contributed by atoms with Gasteiger partial charge in [0.25, 0.3) is 5.22 Å². The van der Waals surface area contributed by atoms with E-state index in [4.69, 9.17) is 4.42 Å². The summed E-state index contributed by atoms with van der Waals surface area (Å²) in [5, 5.41) is 3.42. The summed E-state index contributed by atoms with van der Waals surface area (Å²) in [6.07, 6.45) is 3.99. The van der Waals surface area contributed by atoms with Crippen molar-refractivity contribution in [1.29, 1.82) is 0 Å². The van der Waals surface area contributed by atoms with Crippen molar-refractivity contribution in [3.63, 3.8) is 0 Å². The Labute approximate surface area is 132 Å². The van der Waals surface area contributed by atoms with Crippen LogP contribution in [0.15, 0.2) is 40.1 Å². The normalized spacial score (nSPS) is 15.5. The zero-order valence-corrected chi connectivity index (χ0v) is 13.0. The van der Waals surface area contributed by atoms with Crippen LogP contribution < -0.4 is 5.32 Å². The predicted molar refractivity (Wildman–Crippen MR) is 82.9 cm³/mol. The van der Waals surface area contributed by atoms with E-state index in [1.54, 1.807) is 18.3 Å². The van der Waals surface area contributed by atoms with Crippen molar-refractivity contribution in [1.82, 2.24) is 10.3 Å². The molecule has 1 amide bonds. The van der Waals surface area contributed by atoms with E-state index < -0.39 is 0 Å². The number of nitrogens with one attached hydrogen (secondary N) is 1. The minimum absolute atomic E-state index is 0.00840. The number of rotatable bonds is 6. The molecule has 1 fully saturated rings. The average molecular weight is 320 g/mol. The lowest BCUT2D eigenvalue weighted by atomic mass is 10.2. The first-order valence-corrected chi connectivity index (χ1v) is 8.24. The molecular weight excluding hydrogens is 303 g/mol. The van der Waals surface area contributed by atoms with E-state index in [0.717, 1.165) is 5.56 Å². The fourth-order valence-corrected chi connectivity index (χ4v) is 2.82. The summed E-state index contributed by atoms with van der Waals surface area (Å²) in [5.41, 5.74) is 0.757. The van der Waals surface area contributed by atoms with Gasteiger partial charge in [0, 0.05) is 11.6 Å². The average Bonchev–Trinajstić information content (AvgIpc) is 3.25. The Morgan fingerprint density at radius 3 is 2.86 bits per heavy atom. The molecule has 3 rings (SSSR count). The van der Waals surface area contributed by atoms with E-state index in [1.807, 2.05) is 6.92 Å². The monoisotopic (exact) mass is 320 g/mol. The highest BCUT2D eigenvalue weighted by Gasteiger charge is 2.28. The molecule has 6 heteroatoms. The second kappa shape index (κ2) is 6.52. The second-order valence-electron chi connectivity index (χ2n) is 5.48. The number of hydrogen-bond donors (Lipinski definition) is 1. The Morgan fingerprint density at radius 1 is 1.45 bits per heavy atom. The van der Waals surface area contributed by atoms with Crippen LogP contribution in [0.4, 0.5) is 4.39 Å². The standard InChI is InChI=1S/C16H17FN2O2S/c1-10(11-2-3-11)19-15(20)9-22-16-18-8-14(21-16)12-4-6-13(17)7-5-12/h4-8,10-11H,2-3,9H2,1H3,(H,19,20). The summed E-state index contributed by atoms with van der Waals surface area (Å²) in [6, 6.07) is 6.25. The minimum Gasteiger partial charge on any atom is -0.431 e. The van der Waals surface area contributed by atoms with Gasteiger partial charge in [-0.3, -0.25) is 4.79 Å². The molecule has 1 aromatic heterocycles. The SMILES string of the molecule is CC(NC(=O)CSc1ncc(-c2ccc(F)cc2)o1)C1CC1. The van der Waals surface area contributed by atoms with Crippen LogP contribution in [-0.2, 0) is 4.79 Å². The van der Waals surface area contributed by atoms with Gasteiger partial charge in [-0.2, -0.15) is 0 Å². The van der Waals surface area contributed by atoms with E-state index in [1.165, 1.54) is 36.7 Å². The molecule has 1 saturated carbocycles. The van der Waals surface area contributed by atoms with Crippen molar-refractivity contribution in [2.45, 2.75) is 31.0 Å². The van der Waals surface area contributed by atoms with E-state index in [-0.39, 0.29) is 23.5 Å². The fourth-order valence-electron chi connectivity index (χ4n) is 2.21. The predicted octanol–water partition coefficient (Wildman–Crippen LogP) is 3.49. The van der Waals surface area contributed by atoms with Gasteiger partial charge in [-0.15, -0.1) is 0 Å². The maximum atomic E-state index is 12.9. The highest BCUT2D eigenvalue weighted by Crippen LogP contribution is 2.32. The van der Waals surface area contributed by atoms with Crippen LogP contribution in [0.5, 0.6) is 0 Å². The van der Waals surface area contributed by atoms with Gasteiger partial charge in [-0.1, -0.05) is 11.8 Å². The van der Waals surface area contributed by atoms with Crippen molar-refractivity contribution in [3.8, 4) is 11.3 Å². The van der Waals surface area contributed by atoms with Gasteiger partial charge in [0.05, 0.1) is 11.9 Å². The zero-order valence-electron chi connectivity index (χ0n) is 12.2. The maximum Gasteiger partial charge on any atom is 0.256 e. The lowest BCUT2D eigenvalue weighted by Crippen LogP contribution is -2.35. The zero-order chi connectivity index (χ0) is 15.5. The molecule has 1 unspecified atom stereocenters. The minimum atomic E-state index is -0.292. The van der Waals surface area contributed by atoms with Gasteiger partial charge in [-0.25, -0.2) is 9.37 Å². The summed E-state index contributed by atoms with van der Waals surface area (Å²) in [6.45, 7) is 2.04. The third-order valence-corrected chi connectivity index (χ3v) is 4.50. The molecule has 0 radical (unpaired) electrons. The Kier molecular flexibility index (Phi) is 4.47. The molecule has 1 aliphatic rings. The molecule has 0 spiro atoms.